The molecule has 2 aromatic rings. The first-order valence-electron chi connectivity index (χ1n) is 4.76. The van der Waals surface area contributed by atoms with Crippen molar-refractivity contribution in [2.75, 3.05) is 10.5 Å². The summed E-state index contributed by atoms with van der Waals surface area (Å²) in [6.07, 6.45) is 1.74. The van der Waals surface area contributed by atoms with E-state index in [0.29, 0.717) is 5.69 Å². The molecule has 0 unspecified atom stereocenters. The Balaban J connectivity index is 2.26. The maximum Gasteiger partial charge on any atom is 0.320 e. The normalized spacial score (nSPS) is 11.5. The van der Waals surface area contributed by atoms with Crippen LogP contribution in [0.2, 0.25) is 0 Å². The summed E-state index contributed by atoms with van der Waals surface area (Å²) in [7, 11) is -3.85. The van der Waals surface area contributed by atoms with Crippen LogP contribution in [-0.4, -0.2) is 30.2 Å². The van der Waals surface area contributed by atoms with Gasteiger partial charge in [0.2, 0.25) is 10.0 Å². The number of aromatic nitrogens is 1. The summed E-state index contributed by atoms with van der Waals surface area (Å²) < 4.78 is 25.0. The molecule has 90 valence electrons. The average molecular weight is 254 g/mol. The molecular weight excluding hydrogens is 244 g/mol. The predicted octanol–water partition coefficient (Wildman–Crippen LogP) is 0.994. The van der Waals surface area contributed by atoms with Gasteiger partial charge in [0, 0.05) is 22.8 Å². The van der Waals surface area contributed by atoms with Crippen LogP contribution < -0.4 is 4.72 Å². The molecule has 1 aromatic heterocycles. The van der Waals surface area contributed by atoms with Crippen LogP contribution >= 0.6 is 0 Å². The van der Waals surface area contributed by atoms with Crippen LogP contribution in [0.3, 0.4) is 0 Å². The first kappa shape index (κ1) is 11.5. The lowest BCUT2D eigenvalue weighted by atomic mass is 10.2. The van der Waals surface area contributed by atoms with Crippen molar-refractivity contribution < 1.29 is 18.3 Å². The van der Waals surface area contributed by atoms with Crippen molar-refractivity contribution in [3.63, 3.8) is 0 Å². The van der Waals surface area contributed by atoms with E-state index in [0.717, 1.165) is 10.9 Å². The Hall–Kier alpha value is -2.02. The molecule has 1 heterocycles. The van der Waals surface area contributed by atoms with E-state index in [4.69, 9.17) is 5.11 Å². The van der Waals surface area contributed by atoms with Crippen LogP contribution in [0, 0.1) is 0 Å². The highest BCUT2D eigenvalue weighted by atomic mass is 32.2. The number of carboxylic acids is 1. The second-order valence-electron chi connectivity index (χ2n) is 3.53. The molecule has 0 amide bonds. The molecule has 0 aliphatic carbocycles. The Kier molecular flexibility index (Phi) is 2.76. The van der Waals surface area contributed by atoms with E-state index in [1.165, 1.54) is 0 Å². The predicted molar refractivity (Wildman–Crippen MR) is 63.3 cm³/mol. The smallest absolute Gasteiger partial charge is 0.320 e. The van der Waals surface area contributed by atoms with Gasteiger partial charge in [-0.3, -0.25) is 9.52 Å². The monoisotopic (exact) mass is 254 g/mol. The number of fused-ring (bicyclic) bond motifs is 1. The van der Waals surface area contributed by atoms with Crippen LogP contribution in [0.15, 0.2) is 30.5 Å². The van der Waals surface area contributed by atoms with Gasteiger partial charge in [-0.2, -0.15) is 0 Å². The van der Waals surface area contributed by atoms with E-state index < -0.39 is 21.7 Å². The maximum absolute atomic E-state index is 11.4. The number of hydrogen-bond acceptors (Lipinski definition) is 3. The van der Waals surface area contributed by atoms with Gasteiger partial charge >= 0.3 is 5.97 Å². The van der Waals surface area contributed by atoms with Crippen LogP contribution in [0.5, 0.6) is 0 Å². The van der Waals surface area contributed by atoms with Crippen molar-refractivity contribution in [3.05, 3.63) is 30.5 Å². The van der Waals surface area contributed by atoms with E-state index in [1.807, 2.05) is 0 Å². The number of aromatic amines is 1. The van der Waals surface area contributed by atoms with Gasteiger partial charge in [-0.05, 0) is 24.3 Å². The zero-order chi connectivity index (χ0) is 12.5. The van der Waals surface area contributed by atoms with Crippen LogP contribution in [0.25, 0.3) is 10.9 Å². The number of rotatable bonds is 4. The Bertz CT molecular complexity index is 660. The fourth-order valence-corrected chi connectivity index (χ4v) is 2.38. The number of H-pyrrole nitrogens is 1. The summed E-state index contributed by atoms with van der Waals surface area (Å²) in [5.41, 5.74) is 1.23. The van der Waals surface area contributed by atoms with Gasteiger partial charge in [0.15, 0.2) is 5.75 Å². The van der Waals surface area contributed by atoms with Crippen molar-refractivity contribution in [2.45, 2.75) is 0 Å². The van der Waals surface area contributed by atoms with Crippen molar-refractivity contribution >= 4 is 32.6 Å². The molecular formula is C10H10N2O4S. The summed E-state index contributed by atoms with van der Waals surface area (Å²) >= 11 is 0. The van der Waals surface area contributed by atoms with Gasteiger partial charge in [-0.15, -0.1) is 0 Å². The molecule has 0 radical (unpaired) electrons. The molecule has 0 aliphatic rings. The summed E-state index contributed by atoms with van der Waals surface area (Å²) in [5, 5.41) is 9.29. The Morgan fingerprint density at radius 3 is 2.82 bits per heavy atom. The molecule has 2 rings (SSSR count). The number of anilines is 1. The number of hydrogen-bond donors (Lipinski definition) is 3. The first-order chi connectivity index (χ1) is 7.96. The first-order valence-corrected chi connectivity index (χ1v) is 6.41. The highest BCUT2D eigenvalue weighted by Gasteiger charge is 2.15. The van der Waals surface area contributed by atoms with Crippen molar-refractivity contribution in [2.24, 2.45) is 0 Å². The number of nitrogens with one attached hydrogen (secondary N) is 2. The average Bonchev–Trinajstić information content (AvgIpc) is 2.61. The minimum absolute atomic E-state index is 0.346. The number of carbonyl (C=O) groups is 1. The highest BCUT2D eigenvalue weighted by molar-refractivity contribution is 7.93. The maximum atomic E-state index is 11.4. The molecule has 0 saturated carbocycles. The Morgan fingerprint density at radius 2 is 2.12 bits per heavy atom. The van der Waals surface area contributed by atoms with Gasteiger partial charge in [-0.1, -0.05) is 0 Å². The molecule has 3 N–H and O–H groups in total. The molecule has 7 heteroatoms. The zero-order valence-electron chi connectivity index (χ0n) is 8.67. The van der Waals surface area contributed by atoms with Crippen LogP contribution in [-0.2, 0) is 14.8 Å². The number of aliphatic carboxylic acids is 1. The van der Waals surface area contributed by atoms with Crippen molar-refractivity contribution in [3.8, 4) is 0 Å². The lowest BCUT2D eigenvalue weighted by Gasteiger charge is -2.05. The topological polar surface area (TPSA) is 99.3 Å². The van der Waals surface area contributed by atoms with E-state index in [9.17, 15) is 13.2 Å². The molecule has 6 nitrogen and oxygen atoms in total. The Labute approximate surface area is 97.3 Å². The Morgan fingerprint density at radius 1 is 1.35 bits per heavy atom. The molecule has 0 saturated heterocycles. The largest absolute Gasteiger partial charge is 0.480 e. The lowest BCUT2D eigenvalue weighted by molar-refractivity contribution is -0.134. The summed E-state index contributed by atoms with van der Waals surface area (Å²) in [6, 6.07) is 6.71. The third-order valence-corrected chi connectivity index (χ3v) is 3.31. The minimum atomic E-state index is -3.85. The second-order valence-corrected chi connectivity index (χ2v) is 5.26. The molecule has 0 atom stereocenters. The van der Waals surface area contributed by atoms with E-state index >= 15 is 0 Å². The van der Waals surface area contributed by atoms with Crippen molar-refractivity contribution in [1.29, 1.82) is 0 Å². The SMILES string of the molecule is O=C(O)CS(=O)(=O)Nc1ccc2[nH]ccc2c1. The lowest BCUT2D eigenvalue weighted by Crippen LogP contribution is -2.22. The molecule has 0 bridgehead atoms. The summed E-state index contributed by atoms with van der Waals surface area (Å²) in [6.45, 7) is 0. The van der Waals surface area contributed by atoms with Gasteiger partial charge in [0.1, 0.15) is 0 Å². The molecule has 0 aliphatic heterocycles. The van der Waals surface area contributed by atoms with Gasteiger partial charge in [-0.25, -0.2) is 8.42 Å². The van der Waals surface area contributed by atoms with E-state index in [2.05, 4.69) is 9.71 Å². The summed E-state index contributed by atoms with van der Waals surface area (Å²) in [4.78, 5) is 13.3. The van der Waals surface area contributed by atoms with Gasteiger partial charge in [0.25, 0.3) is 0 Å². The van der Waals surface area contributed by atoms with E-state index in [-0.39, 0.29) is 0 Å². The van der Waals surface area contributed by atoms with Crippen LogP contribution in [0.1, 0.15) is 0 Å². The highest BCUT2D eigenvalue weighted by Crippen LogP contribution is 2.18. The third-order valence-electron chi connectivity index (χ3n) is 2.14. The third kappa shape index (κ3) is 2.76. The second kappa shape index (κ2) is 4.10. The van der Waals surface area contributed by atoms with Gasteiger partial charge in [0.05, 0.1) is 0 Å². The van der Waals surface area contributed by atoms with E-state index in [1.54, 1.807) is 30.5 Å². The number of carboxylic acid groups (broad SMARTS) is 1. The fourth-order valence-electron chi connectivity index (χ4n) is 1.49. The number of sulfonamides is 1. The van der Waals surface area contributed by atoms with Crippen LogP contribution in [0.4, 0.5) is 5.69 Å². The molecule has 0 spiro atoms. The fraction of sp³-hybridized carbons (Fsp3) is 0.100. The zero-order valence-corrected chi connectivity index (χ0v) is 9.49. The standard InChI is InChI=1S/C10H10N2O4S/c13-10(14)6-17(15,16)12-8-1-2-9-7(5-8)3-4-11-9/h1-5,11-12H,6H2,(H,13,14). The summed E-state index contributed by atoms with van der Waals surface area (Å²) in [5.74, 6) is -2.33. The minimum Gasteiger partial charge on any atom is -0.480 e. The van der Waals surface area contributed by atoms with Gasteiger partial charge < -0.3 is 10.1 Å². The number of benzene rings is 1. The quantitative estimate of drug-likeness (QED) is 0.757. The van der Waals surface area contributed by atoms with Crippen molar-refractivity contribution in [1.82, 2.24) is 4.98 Å². The molecule has 1 aromatic carbocycles. The molecule has 0 fully saturated rings. The molecule has 17 heavy (non-hydrogen) atoms.